The number of aryl methyl sites for hydroxylation is 1. The molecule has 0 saturated heterocycles. The smallest absolute Gasteiger partial charge is 0.261 e. The van der Waals surface area contributed by atoms with E-state index in [9.17, 15) is 9.90 Å². The molecule has 1 heterocycles. The van der Waals surface area contributed by atoms with E-state index in [-0.39, 0.29) is 0 Å². The fourth-order valence-electron chi connectivity index (χ4n) is 2.80. The van der Waals surface area contributed by atoms with Gasteiger partial charge in [-0.2, -0.15) is 0 Å². The minimum Gasteiger partial charge on any atom is -0.372 e. The third kappa shape index (κ3) is 3.78. The Morgan fingerprint density at radius 3 is 2.16 bits per heavy atom. The lowest BCUT2D eigenvalue weighted by Crippen LogP contribution is -2.45. The summed E-state index contributed by atoms with van der Waals surface area (Å²) in [6.45, 7) is 1.23. The van der Waals surface area contributed by atoms with Crippen molar-refractivity contribution in [2.45, 2.75) is 18.6 Å². The van der Waals surface area contributed by atoms with E-state index in [0.29, 0.717) is 17.7 Å². The van der Waals surface area contributed by atoms with Gasteiger partial charge in [-0.3, -0.25) is 4.79 Å². The van der Waals surface area contributed by atoms with Gasteiger partial charge in [-0.1, -0.05) is 60.7 Å². The molecular weight excluding hydrogens is 314 g/mol. The number of nitrogens with zero attached hydrogens (tertiary/aromatic N) is 2. The Morgan fingerprint density at radius 2 is 1.64 bits per heavy atom. The fourth-order valence-corrected chi connectivity index (χ4v) is 2.80. The lowest BCUT2D eigenvalue weighted by Gasteiger charge is -2.28. The predicted octanol–water partition coefficient (Wildman–Crippen LogP) is 2.33. The van der Waals surface area contributed by atoms with Gasteiger partial charge >= 0.3 is 0 Å². The summed E-state index contributed by atoms with van der Waals surface area (Å²) < 4.78 is 1.95. The first kappa shape index (κ1) is 16.9. The molecule has 3 rings (SSSR count). The number of aromatic nitrogens is 2. The first-order valence-electron chi connectivity index (χ1n) is 8.29. The van der Waals surface area contributed by atoms with Crippen LogP contribution in [0.3, 0.4) is 0 Å². The summed E-state index contributed by atoms with van der Waals surface area (Å²) in [5.74, 6) is -0.421. The number of benzene rings is 2. The van der Waals surface area contributed by atoms with Crippen molar-refractivity contribution in [1.82, 2.24) is 14.9 Å². The van der Waals surface area contributed by atoms with E-state index in [0.717, 1.165) is 13.0 Å². The zero-order valence-corrected chi connectivity index (χ0v) is 13.9. The third-order valence-corrected chi connectivity index (χ3v) is 4.15. The van der Waals surface area contributed by atoms with E-state index >= 15 is 0 Å². The SMILES string of the molecule is O=C(NCCCn1ccnc1)C(O)(c1ccccc1)c1ccccc1. The second-order valence-electron chi connectivity index (χ2n) is 5.85. The molecule has 3 aromatic rings. The second-order valence-corrected chi connectivity index (χ2v) is 5.85. The van der Waals surface area contributed by atoms with Gasteiger partial charge in [-0.05, 0) is 17.5 Å². The summed E-state index contributed by atoms with van der Waals surface area (Å²) in [7, 11) is 0. The molecule has 0 fully saturated rings. The number of imidazole rings is 1. The molecule has 128 valence electrons. The third-order valence-electron chi connectivity index (χ3n) is 4.15. The minimum atomic E-state index is -1.71. The normalized spacial score (nSPS) is 11.2. The number of hydrogen-bond donors (Lipinski definition) is 2. The highest BCUT2D eigenvalue weighted by Crippen LogP contribution is 2.29. The number of rotatable bonds is 7. The summed E-state index contributed by atoms with van der Waals surface area (Å²) in [5, 5.41) is 14.1. The van der Waals surface area contributed by atoms with Crippen molar-refractivity contribution >= 4 is 5.91 Å². The molecular formula is C20H21N3O2. The minimum absolute atomic E-state index is 0.421. The largest absolute Gasteiger partial charge is 0.372 e. The van der Waals surface area contributed by atoms with Crippen molar-refractivity contribution in [3.05, 3.63) is 90.5 Å². The van der Waals surface area contributed by atoms with Crippen LogP contribution in [0.4, 0.5) is 0 Å². The van der Waals surface area contributed by atoms with Gasteiger partial charge in [-0.25, -0.2) is 4.98 Å². The van der Waals surface area contributed by atoms with Crippen LogP contribution in [-0.4, -0.2) is 27.1 Å². The molecule has 0 radical (unpaired) electrons. The van der Waals surface area contributed by atoms with Crippen LogP contribution in [0, 0.1) is 0 Å². The summed E-state index contributed by atoms with van der Waals surface area (Å²) >= 11 is 0. The van der Waals surface area contributed by atoms with Crippen molar-refractivity contribution in [2.24, 2.45) is 0 Å². The summed E-state index contributed by atoms with van der Waals surface area (Å²) in [6, 6.07) is 18.0. The molecule has 2 N–H and O–H groups in total. The molecule has 5 heteroatoms. The fraction of sp³-hybridized carbons (Fsp3) is 0.200. The predicted molar refractivity (Wildman–Crippen MR) is 95.7 cm³/mol. The number of carbonyl (C=O) groups excluding carboxylic acids is 1. The summed E-state index contributed by atoms with van der Waals surface area (Å²) in [4.78, 5) is 16.8. The van der Waals surface area contributed by atoms with Gasteiger partial charge in [0, 0.05) is 25.5 Å². The van der Waals surface area contributed by atoms with E-state index < -0.39 is 11.5 Å². The van der Waals surface area contributed by atoms with Crippen LogP contribution < -0.4 is 5.32 Å². The van der Waals surface area contributed by atoms with E-state index in [1.54, 1.807) is 36.8 Å². The Labute approximate surface area is 147 Å². The molecule has 0 saturated carbocycles. The van der Waals surface area contributed by atoms with Crippen LogP contribution >= 0.6 is 0 Å². The van der Waals surface area contributed by atoms with Gasteiger partial charge in [0.05, 0.1) is 6.33 Å². The quantitative estimate of drug-likeness (QED) is 0.651. The molecule has 0 atom stereocenters. The van der Waals surface area contributed by atoms with Gasteiger partial charge < -0.3 is 15.0 Å². The Bertz CT molecular complexity index is 747. The van der Waals surface area contributed by atoms with Gasteiger partial charge in [-0.15, -0.1) is 0 Å². The maximum atomic E-state index is 12.8. The Hall–Kier alpha value is -2.92. The van der Waals surface area contributed by atoms with Crippen LogP contribution in [0.5, 0.6) is 0 Å². The van der Waals surface area contributed by atoms with Crippen molar-refractivity contribution in [3.8, 4) is 0 Å². The highest BCUT2D eigenvalue weighted by molar-refractivity contribution is 5.90. The standard InChI is InChI=1S/C20H21N3O2/c24-19(22-12-7-14-23-15-13-21-16-23)20(25,17-8-3-1-4-9-17)18-10-5-2-6-11-18/h1-6,8-11,13,15-16,25H,7,12,14H2,(H,22,24). The van der Waals surface area contributed by atoms with E-state index in [1.807, 2.05) is 47.2 Å². The van der Waals surface area contributed by atoms with Crippen LogP contribution in [-0.2, 0) is 16.9 Å². The van der Waals surface area contributed by atoms with Crippen molar-refractivity contribution in [1.29, 1.82) is 0 Å². The zero-order valence-electron chi connectivity index (χ0n) is 13.9. The number of aliphatic hydroxyl groups is 1. The molecule has 5 nitrogen and oxygen atoms in total. The maximum absolute atomic E-state index is 12.8. The zero-order chi connectivity index (χ0) is 17.5. The average molecular weight is 335 g/mol. The number of hydrogen-bond acceptors (Lipinski definition) is 3. The van der Waals surface area contributed by atoms with Crippen molar-refractivity contribution in [3.63, 3.8) is 0 Å². The second kappa shape index (κ2) is 7.77. The topological polar surface area (TPSA) is 67.2 Å². The molecule has 0 aliphatic heterocycles. The van der Waals surface area contributed by atoms with Gasteiger partial charge in [0.1, 0.15) is 0 Å². The lowest BCUT2D eigenvalue weighted by molar-refractivity contribution is -0.136. The van der Waals surface area contributed by atoms with Crippen molar-refractivity contribution in [2.75, 3.05) is 6.54 Å². The molecule has 1 aromatic heterocycles. The van der Waals surface area contributed by atoms with Crippen LogP contribution in [0.2, 0.25) is 0 Å². The Morgan fingerprint density at radius 1 is 1.04 bits per heavy atom. The van der Waals surface area contributed by atoms with Crippen LogP contribution in [0.25, 0.3) is 0 Å². The van der Waals surface area contributed by atoms with Gasteiger partial charge in [0.15, 0.2) is 5.60 Å². The lowest BCUT2D eigenvalue weighted by atomic mass is 9.85. The average Bonchev–Trinajstić information content (AvgIpc) is 3.19. The maximum Gasteiger partial charge on any atom is 0.261 e. The number of carbonyl (C=O) groups is 1. The monoisotopic (exact) mass is 335 g/mol. The molecule has 2 aromatic carbocycles. The highest BCUT2D eigenvalue weighted by atomic mass is 16.3. The first-order chi connectivity index (χ1) is 12.2. The Balaban J connectivity index is 1.74. The van der Waals surface area contributed by atoms with Crippen LogP contribution in [0.15, 0.2) is 79.4 Å². The molecule has 1 amide bonds. The van der Waals surface area contributed by atoms with E-state index in [2.05, 4.69) is 10.3 Å². The van der Waals surface area contributed by atoms with Crippen molar-refractivity contribution < 1.29 is 9.90 Å². The number of nitrogens with one attached hydrogen (secondary N) is 1. The van der Waals surface area contributed by atoms with Gasteiger partial charge in [0.2, 0.25) is 0 Å². The van der Waals surface area contributed by atoms with E-state index in [1.165, 1.54) is 0 Å². The highest BCUT2D eigenvalue weighted by Gasteiger charge is 2.39. The van der Waals surface area contributed by atoms with E-state index in [4.69, 9.17) is 0 Å². The molecule has 0 unspecified atom stereocenters. The first-order valence-corrected chi connectivity index (χ1v) is 8.29. The molecule has 0 aliphatic carbocycles. The molecule has 0 bridgehead atoms. The summed E-state index contributed by atoms with van der Waals surface area (Å²) in [5.41, 5.74) is -0.612. The van der Waals surface area contributed by atoms with Gasteiger partial charge in [0.25, 0.3) is 5.91 Å². The number of amides is 1. The summed E-state index contributed by atoms with van der Waals surface area (Å²) in [6.07, 6.45) is 6.10. The molecule has 0 aliphatic rings. The Kier molecular flexibility index (Phi) is 5.26. The van der Waals surface area contributed by atoms with Crippen LogP contribution in [0.1, 0.15) is 17.5 Å². The molecule has 25 heavy (non-hydrogen) atoms. The molecule has 0 spiro atoms.